The van der Waals surface area contributed by atoms with Crippen molar-refractivity contribution in [2.45, 2.75) is 19.8 Å². The topological polar surface area (TPSA) is 50.9 Å². The molecule has 0 aliphatic heterocycles. The summed E-state index contributed by atoms with van der Waals surface area (Å²) in [6.45, 7) is 4.04. The van der Waals surface area contributed by atoms with Gasteiger partial charge in [0.15, 0.2) is 5.82 Å². The molecule has 1 aromatic carbocycles. The van der Waals surface area contributed by atoms with Gasteiger partial charge in [0.1, 0.15) is 11.3 Å². The molecule has 2 aromatic rings. The van der Waals surface area contributed by atoms with Gasteiger partial charge in [-0.3, -0.25) is 0 Å². The van der Waals surface area contributed by atoms with Gasteiger partial charge in [-0.25, -0.2) is 15.2 Å². The fourth-order valence-corrected chi connectivity index (χ4v) is 2.00. The maximum Gasteiger partial charge on any atom is 0.150 e. The summed E-state index contributed by atoms with van der Waals surface area (Å²) in [7, 11) is 0. The number of hydrazine groups is 1. The van der Waals surface area contributed by atoms with Crippen LogP contribution in [0.2, 0.25) is 5.02 Å². The first-order chi connectivity index (χ1) is 8.02. The maximum absolute atomic E-state index is 13.7. The summed E-state index contributed by atoms with van der Waals surface area (Å²) in [6, 6.07) is 4.79. The van der Waals surface area contributed by atoms with Crippen molar-refractivity contribution in [3.05, 3.63) is 34.6 Å². The van der Waals surface area contributed by atoms with Crippen LogP contribution in [0.5, 0.6) is 0 Å². The normalized spacial score (nSPS) is 11.2. The van der Waals surface area contributed by atoms with E-state index in [0.717, 1.165) is 5.56 Å². The van der Waals surface area contributed by atoms with E-state index in [-0.39, 0.29) is 11.4 Å². The number of fused-ring (bicyclic) bond motifs is 1. The lowest BCUT2D eigenvalue weighted by Crippen LogP contribution is -2.12. The standard InChI is InChI=1S/C12H13ClFN3/c1-6(2)9-4-7-3-8(13)5-10(14)11(7)16-12(9)17-15/h3-6H,15H2,1-2H3,(H,16,17). The smallest absolute Gasteiger partial charge is 0.150 e. The number of nitrogens with two attached hydrogens (primary N) is 1. The van der Waals surface area contributed by atoms with Gasteiger partial charge < -0.3 is 5.43 Å². The highest BCUT2D eigenvalue weighted by Gasteiger charge is 2.12. The molecule has 0 amide bonds. The molecule has 90 valence electrons. The average molecular weight is 254 g/mol. The molecule has 0 unspecified atom stereocenters. The molecule has 0 atom stereocenters. The van der Waals surface area contributed by atoms with Gasteiger partial charge >= 0.3 is 0 Å². The molecular weight excluding hydrogens is 241 g/mol. The first-order valence-corrected chi connectivity index (χ1v) is 5.67. The third kappa shape index (κ3) is 2.18. The molecule has 2 rings (SSSR count). The number of aromatic nitrogens is 1. The van der Waals surface area contributed by atoms with Crippen molar-refractivity contribution in [3.8, 4) is 0 Å². The van der Waals surface area contributed by atoms with Gasteiger partial charge in [-0.05, 0) is 29.7 Å². The summed E-state index contributed by atoms with van der Waals surface area (Å²) >= 11 is 5.82. The number of nitrogens with zero attached hydrogens (tertiary/aromatic N) is 1. The van der Waals surface area contributed by atoms with Crippen LogP contribution >= 0.6 is 11.6 Å². The van der Waals surface area contributed by atoms with Crippen molar-refractivity contribution in [3.63, 3.8) is 0 Å². The zero-order valence-corrected chi connectivity index (χ0v) is 10.3. The van der Waals surface area contributed by atoms with Crippen LogP contribution in [-0.2, 0) is 0 Å². The predicted molar refractivity (Wildman–Crippen MR) is 68.6 cm³/mol. The Morgan fingerprint density at radius 2 is 2.06 bits per heavy atom. The third-order valence-electron chi connectivity index (χ3n) is 2.62. The summed E-state index contributed by atoms with van der Waals surface area (Å²) in [5.41, 5.74) is 3.70. The molecule has 0 aliphatic rings. The maximum atomic E-state index is 13.7. The number of pyridine rings is 1. The van der Waals surface area contributed by atoms with Crippen LogP contribution in [0.4, 0.5) is 10.2 Å². The van der Waals surface area contributed by atoms with Crippen molar-refractivity contribution < 1.29 is 4.39 Å². The van der Waals surface area contributed by atoms with Crippen LogP contribution in [0.1, 0.15) is 25.3 Å². The molecule has 1 heterocycles. The summed E-state index contributed by atoms with van der Waals surface area (Å²) in [4.78, 5) is 4.19. The van der Waals surface area contributed by atoms with Gasteiger partial charge in [-0.1, -0.05) is 25.4 Å². The van der Waals surface area contributed by atoms with E-state index in [1.807, 2.05) is 19.9 Å². The van der Waals surface area contributed by atoms with E-state index in [1.54, 1.807) is 6.07 Å². The van der Waals surface area contributed by atoms with Gasteiger partial charge in [0.25, 0.3) is 0 Å². The number of rotatable bonds is 2. The monoisotopic (exact) mass is 253 g/mol. The highest BCUT2D eigenvalue weighted by Crippen LogP contribution is 2.29. The number of hydrogen-bond donors (Lipinski definition) is 2. The van der Waals surface area contributed by atoms with Crippen LogP contribution < -0.4 is 11.3 Å². The Morgan fingerprint density at radius 3 is 2.65 bits per heavy atom. The molecule has 0 spiro atoms. The second kappa shape index (κ2) is 4.47. The van der Waals surface area contributed by atoms with E-state index < -0.39 is 5.82 Å². The molecule has 0 radical (unpaired) electrons. The van der Waals surface area contributed by atoms with Crippen LogP contribution in [0.3, 0.4) is 0 Å². The van der Waals surface area contributed by atoms with E-state index in [9.17, 15) is 4.39 Å². The van der Waals surface area contributed by atoms with E-state index in [1.165, 1.54) is 6.07 Å². The van der Waals surface area contributed by atoms with Crippen molar-refractivity contribution in [2.24, 2.45) is 5.84 Å². The summed E-state index contributed by atoms with van der Waals surface area (Å²) in [5.74, 6) is 5.68. The molecule has 3 N–H and O–H groups in total. The van der Waals surface area contributed by atoms with Gasteiger partial charge in [-0.15, -0.1) is 0 Å². The SMILES string of the molecule is CC(C)c1cc2cc(Cl)cc(F)c2nc1NN. The second-order valence-corrected chi connectivity index (χ2v) is 4.62. The molecule has 0 fully saturated rings. The summed E-state index contributed by atoms with van der Waals surface area (Å²) < 4.78 is 13.7. The molecule has 0 saturated heterocycles. The molecule has 17 heavy (non-hydrogen) atoms. The summed E-state index contributed by atoms with van der Waals surface area (Å²) in [5, 5.41) is 1.04. The lowest BCUT2D eigenvalue weighted by atomic mass is 10.0. The Morgan fingerprint density at radius 1 is 1.35 bits per heavy atom. The number of benzene rings is 1. The molecule has 3 nitrogen and oxygen atoms in total. The lowest BCUT2D eigenvalue weighted by molar-refractivity contribution is 0.637. The first kappa shape index (κ1) is 12.1. The minimum atomic E-state index is -0.445. The highest BCUT2D eigenvalue weighted by atomic mass is 35.5. The number of nitrogens with one attached hydrogen (secondary N) is 1. The van der Waals surface area contributed by atoms with Gasteiger partial charge in [0.2, 0.25) is 0 Å². The minimum absolute atomic E-state index is 0.236. The van der Waals surface area contributed by atoms with E-state index in [0.29, 0.717) is 16.2 Å². The van der Waals surface area contributed by atoms with E-state index >= 15 is 0 Å². The lowest BCUT2D eigenvalue weighted by Gasteiger charge is -2.13. The Bertz CT molecular complexity index is 569. The molecule has 0 bridgehead atoms. The zero-order valence-electron chi connectivity index (χ0n) is 9.59. The van der Waals surface area contributed by atoms with Crippen LogP contribution in [-0.4, -0.2) is 4.98 Å². The van der Waals surface area contributed by atoms with Crippen molar-refractivity contribution >= 4 is 28.3 Å². The second-order valence-electron chi connectivity index (χ2n) is 4.18. The molecule has 1 aromatic heterocycles. The van der Waals surface area contributed by atoms with Gasteiger partial charge in [0.05, 0.1) is 0 Å². The number of nitrogen functional groups attached to an aromatic ring is 1. The fraction of sp³-hybridized carbons (Fsp3) is 0.250. The average Bonchev–Trinajstić information content (AvgIpc) is 2.27. The van der Waals surface area contributed by atoms with Crippen LogP contribution in [0.25, 0.3) is 10.9 Å². The Hall–Kier alpha value is -1.39. The number of halogens is 2. The minimum Gasteiger partial charge on any atom is -0.308 e. The first-order valence-electron chi connectivity index (χ1n) is 5.29. The van der Waals surface area contributed by atoms with Gasteiger partial charge in [-0.2, -0.15) is 0 Å². The largest absolute Gasteiger partial charge is 0.308 e. The Kier molecular flexibility index (Phi) is 3.17. The zero-order chi connectivity index (χ0) is 12.6. The number of hydrogen-bond acceptors (Lipinski definition) is 3. The van der Waals surface area contributed by atoms with Crippen LogP contribution in [0, 0.1) is 5.82 Å². The predicted octanol–water partition coefficient (Wildman–Crippen LogP) is 3.44. The van der Waals surface area contributed by atoms with Crippen molar-refractivity contribution in [2.75, 3.05) is 5.43 Å². The van der Waals surface area contributed by atoms with Gasteiger partial charge in [0, 0.05) is 10.4 Å². The molecule has 0 saturated carbocycles. The van der Waals surface area contributed by atoms with Crippen LogP contribution in [0.15, 0.2) is 18.2 Å². The number of anilines is 1. The quantitative estimate of drug-likeness (QED) is 0.637. The van der Waals surface area contributed by atoms with E-state index in [4.69, 9.17) is 17.4 Å². The van der Waals surface area contributed by atoms with Crippen molar-refractivity contribution in [1.29, 1.82) is 0 Å². The highest BCUT2D eigenvalue weighted by molar-refractivity contribution is 6.31. The summed E-state index contributed by atoms with van der Waals surface area (Å²) in [6.07, 6.45) is 0. The third-order valence-corrected chi connectivity index (χ3v) is 2.84. The van der Waals surface area contributed by atoms with E-state index in [2.05, 4.69) is 10.4 Å². The fourth-order valence-electron chi connectivity index (χ4n) is 1.78. The molecule has 0 aliphatic carbocycles. The molecular formula is C12H13ClFN3. The molecule has 5 heteroatoms. The van der Waals surface area contributed by atoms with Crippen molar-refractivity contribution in [1.82, 2.24) is 4.98 Å². The Balaban J connectivity index is 2.78. The Labute approximate surface area is 104 Å².